The Morgan fingerprint density at radius 3 is 2.50 bits per heavy atom. The zero-order valence-corrected chi connectivity index (χ0v) is 12.1. The molecule has 1 fully saturated rings. The van der Waals surface area contributed by atoms with Crippen LogP contribution in [0.25, 0.3) is 0 Å². The molecule has 0 N–H and O–H groups in total. The van der Waals surface area contributed by atoms with Crippen molar-refractivity contribution in [1.29, 1.82) is 0 Å². The molecule has 1 atom stereocenters. The first-order chi connectivity index (χ1) is 8.66. The van der Waals surface area contributed by atoms with E-state index in [1.165, 1.54) is 5.56 Å². The Kier molecular flexibility index (Phi) is 4.92. The standard InChI is InChI=1S/C14H18BrNO2/c1-11(17)10-14(16-6-8-18-9-7-16)12-2-4-13(15)5-3-12/h2-5,14H,6-10H2,1H3. The molecule has 1 heterocycles. The van der Waals surface area contributed by atoms with Crippen LogP contribution in [0.5, 0.6) is 0 Å². The zero-order valence-electron chi connectivity index (χ0n) is 10.6. The molecule has 1 aromatic carbocycles. The third-order valence-electron chi connectivity index (χ3n) is 3.22. The van der Waals surface area contributed by atoms with Crippen molar-refractivity contribution in [2.45, 2.75) is 19.4 Å². The van der Waals surface area contributed by atoms with Crippen LogP contribution < -0.4 is 0 Å². The number of rotatable bonds is 4. The van der Waals surface area contributed by atoms with Gasteiger partial charge in [-0.25, -0.2) is 0 Å². The van der Waals surface area contributed by atoms with Gasteiger partial charge in [-0.15, -0.1) is 0 Å². The summed E-state index contributed by atoms with van der Waals surface area (Å²) in [6, 6.07) is 8.42. The Morgan fingerprint density at radius 1 is 1.33 bits per heavy atom. The minimum atomic E-state index is 0.180. The number of hydrogen-bond acceptors (Lipinski definition) is 3. The third kappa shape index (κ3) is 3.64. The molecule has 1 saturated heterocycles. The summed E-state index contributed by atoms with van der Waals surface area (Å²) in [4.78, 5) is 13.8. The first-order valence-electron chi connectivity index (χ1n) is 6.23. The van der Waals surface area contributed by atoms with E-state index in [0.717, 1.165) is 30.8 Å². The van der Waals surface area contributed by atoms with E-state index in [1.807, 2.05) is 12.1 Å². The van der Waals surface area contributed by atoms with Crippen LogP contribution in [0.4, 0.5) is 0 Å². The van der Waals surface area contributed by atoms with Crippen LogP contribution in [0.2, 0.25) is 0 Å². The van der Waals surface area contributed by atoms with Gasteiger partial charge in [-0.3, -0.25) is 9.69 Å². The molecule has 2 rings (SSSR count). The van der Waals surface area contributed by atoms with Crippen molar-refractivity contribution in [3.63, 3.8) is 0 Å². The highest BCUT2D eigenvalue weighted by Gasteiger charge is 2.23. The number of nitrogens with zero attached hydrogens (tertiary/aromatic N) is 1. The zero-order chi connectivity index (χ0) is 13.0. The van der Waals surface area contributed by atoms with Gasteiger partial charge in [-0.1, -0.05) is 28.1 Å². The van der Waals surface area contributed by atoms with Crippen LogP contribution in [-0.4, -0.2) is 37.0 Å². The van der Waals surface area contributed by atoms with Gasteiger partial charge in [0.2, 0.25) is 0 Å². The predicted molar refractivity (Wildman–Crippen MR) is 74.6 cm³/mol. The summed E-state index contributed by atoms with van der Waals surface area (Å²) in [7, 11) is 0. The normalized spacial score (nSPS) is 18.6. The maximum absolute atomic E-state index is 11.5. The Balaban J connectivity index is 2.17. The first kappa shape index (κ1) is 13.7. The van der Waals surface area contributed by atoms with E-state index in [0.29, 0.717) is 6.42 Å². The quantitative estimate of drug-likeness (QED) is 0.856. The Morgan fingerprint density at radius 2 is 1.94 bits per heavy atom. The van der Waals surface area contributed by atoms with Crippen LogP contribution in [-0.2, 0) is 9.53 Å². The Hall–Kier alpha value is -0.710. The van der Waals surface area contributed by atoms with Gasteiger partial charge in [0.05, 0.1) is 13.2 Å². The van der Waals surface area contributed by atoms with E-state index in [9.17, 15) is 4.79 Å². The van der Waals surface area contributed by atoms with Crippen LogP contribution in [0, 0.1) is 0 Å². The molecule has 3 nitrogen and oxygen atoms in total. The number of hydrogen-bond donors (Lipinski definition) is 0. The first-order valence-corrected chi connectivity index (χ1v) is 7.03. The molecule has 0 aliphatic carbocycles. The molecule has 1 aliphatic rings. The summed E-state index contributed by atoms with van der Waals surface area (Å²) in [5, 5.41) is 0. The van der Waals surface area contributed by atoms with E-state index in [-0.39, 0.29) is 11.8 Å². The van der Waals surface area contributed by atoms with Crippen molar-refractivity contribution in [3.8, 4) is 0 Å². The molecule has 0 spiro atoms. The molecule has 1 aromatic rings. The maximum Gasteiger partial charge on any atom is 0.131 e. The smallest absolute Gasteiger partial charge is 0.131 e. The molecule has 0 saturated carbocycles. The number of morpholine rings is 1. The van der Waals surface area contributed by atoms with Crippen molar-refractivity contribution in [1.82, 2.24) is 4.90 Å². The molecular weight excluding hydrogens is 294 g/mol. The number of ether oxygens (including phenoxy) is 1. The van der Waals surface area contributed by atoms with E-state index in [2.05, 4.69) is 33.0 Å². The highest BCUT2D eigenvalue weighted by molar-refractivity contribution is 9.10. The lowest BCUT2D eigenvalue weighted by atomic mass is 10.00. The summed E-state index contributed by atoms with van der Waals surface area (Å²) in [6.45, 7) is 4.96. The number of Topliss-reactive ketones (excluding diaryl/α,β-unsaturated/α-hetero) is 1. The molecule has 1 unspecified atom stereocenters. The number of ketones is 1. The fourth-order valence-electron chi connectivity index (χ4n) is 2.30. The highest BCUT2D eigenvalue weighted by atomic mass is 79.9. The molecule has 4 heteroatoms. The number of halogens is 1. The number of carbonyl (C=O) groups excluding carboxylic acids is 1. The van der Waals surface area contributed by atoms with E-state index in [1.54, 1.807) is 6.92 Å². The van der Waals surface area contributed by atoms with Gasteiger partial charge in [0, 0.05) is 30.0 Å². The fourth-order valence-corrected chi connectivity index (χ4v) is 2.57. The molecule has 0 aromatic heterocycles. The average molecular weight is 312 g/mol. The molecule has 1 aliphatic heterocycles. The van der Waals surface area contributed by atoms with E-state index < -0.39 is 0 Å². The average Bonchev–Trinajstić information content (AvgIpc) is 2.38. The van der Waals surface area contributed by atoms with Gasteiger partial charge < -0.3 is 4.74 Å². The second-order valence-electron chi connectivity index (χ2n) is 4.62. The lowest BCUT2D eigenvalue weighted by molar-refractivity contribution is -0.118. The summed E-state index contributed by atoms with van der Waals surface area (Å²) in [5.41, 5.74) is 1.20. The summed E-state index contributed by atoms with van der Waals surface area (Å²) >= 11 is 3.44. The molecular formula is C14H18BrNO2. The van der Waals surface area contributed by atoms with Gasteiger partial charge in [-0.05, 0) is 24.6 Å². The van der Waals surface area contributed by atoms with Crippen LogP contribution >= 0.6 is 15.9 Å². The van der Waals surface area contributed by atoms with Gasteiger partial charge >= 0.3 is 0 Å². The lowest BCUT2D eigenvalue weighted by Gasteiger charge is -2.34. The summed E-state index contributed by atoms with van der Waals surface area (Å²) < 4.78 is 6.44. The third-order valence-corrected chi connectivity index (χ3v) is 3.75. The van der Waals surface area contributed by atoms with Crippen LogP contribution in [0.1, 0.15) is 24.9 Å². The predicted octanol–water partition coefficient (Wildman–Crippen LogP) is 2.80. The van der Waals surface area contributed by atoms with E-state index >= 15 is 0 Å². The topological polar surface area (TPSA) is 29.5 Å². The minimum absolute atomic E-state index is 0.180. The largest absolute Gasteiger partial charge is 0.379 e. The summed E-state index contributed by atoms with van der Waals surface area (Å²) in [5.74, 6) is 0.231. The molecule has 0 amide bonds. The second-order valence-corrected chi connectivity index (χ2v) is 5.54. The molecule has 0 bridgehead atoms. The Labute approximate surface area is 116 Å². The number of carbonyl (C=O) groups is 1. The van der Waals surface area contributed by atoms with Crippen molar-refractivity contribution in [3.05, 3.63) is 34.3 Å². The van der Waals surface area contributed by atoms with Crippen LogP contribution in [0.15, 0.2) is 28.7 Å². The summed E-state index contributed by atoms with van der Waals surface area (Å²) in [6.07, 6.45) is 0.571. The molecule has 98 valence electrons. The minimum Gasteiger partial charge on any atom is -0.379 e. The van der Waals surface area contributed by atoms with Gasteiger partial charge in [0.1, 0.15) is 5.78 Å². The van der Waals surface area contributed by atoms with Crippen molar-refractivity contribution >= 4 is 21.7 Å². The SMILES string of the molecule is CC(=O)CC(c1ccc(Br)cc1)N1CCOCC1. The van der Waals surface area contributed by atoms with Crippen molar-refractivity contribution in [2.24, 2.45) is 0 Å². The van der Waals surface area contributed by atoms with E-state index in [4.69, 9.17) is 4.74 Å². The molecule has 0 radical (unpaired) electrons. The monoisotopic (exact) mass is 311 g/mol. The highest BCUT2D eigenvalue weighted by Crippen LogP contribution is 2.26. The Bertz CT molecular complexity index is 399. The van der Waals surface area contributed by atoms with Gasteiger partial charge in [0.15, 0.2) is 0 Å². The second kappa shape index (κ2) is 6.45. The molecule has 18 heavy (non-hydrogen) atoms. The number of benzene rings is 1. The maximum atomic E-state index is 11.5. The van der Waals surface area contributed by atoms with Crippen molar-refractivity contribution < 1.29 is 9.53 Å². The lowest BCUT2D eigenvalue weighted by Crippen LogP contribution is -2.39. The van der Waals surface area contributed by atoms with Crippen LogP contribution in [0.3, 0.4) is 0 Å². The van der Waals surface area contributed by atoms with Gasteiger partial charge in [0.25, 0.3) is 0 Å². The van der Waals surface area contributed by atoms with Gasteiger partial charge in [-0.2, -0.15) is 0 Å². The van der Waals surface area contributed by atoms with Crippen molar-refractivity contribution in [2.75, 3.05) is 26.3 Å². The fraction of sp³-hybridized carbons (Fsp3) is 0.500.